The zero-order valence-corrected chi connectivity index (χ0v) is 8.03. The van der Waals surface area contributed by atoms with E-state index in [1.165, 1.54) is 0 Å². The van der Waals surface area contributed by atoms with Crippen LogP contribution in [0.5, 0.6) is 0 Å². The molecular weight excluding hydrogens is 180 g/mol. The standard InChI is InChI=1S/C8H15F2NO2/c1-7(2,3)11-5-8(9,10)4-6(12)13/h11H,4-5H2,1-3H3,(H,12,13). The Morgan fingerprint density at radius 2 is 1.85 bits per heavy atom. The monoisotopic (exact) mass is 195 g/mol. The van der Waals surface area contributed by atoms with Gasteiger partial charge in [0.25, 0.3) is 5.92 Å². The fourth-order valence-corrected chi connectivity index (χ4v) is 0.678. The molecule has 0 fully saturated rings. The topological polar surface area (TPSA) is 49.3 Å². The zero-order chi connectivity index (χ0) is 10.7. The second kappa shape index (κ2) is 4.00. The van der Waals surface area contributed by atoms with E-state index >= 15 is 0 Å². The van der Waals surface area contributed by atoms with Gasteiger partial charge in [-0.3, -0.25) is 4.79 Å². The Labute approximate surface area is 76.1 Å². The Morgan fingerprint density at radius 3 is 2.15 bits per heavy atom. The average molecular weight is 195 g/mol. The third-order valence-electron chi connectivity index (χ3n) is 1.29. The predicted molar refractivity (Wildman–Crippen MR) is 45.0 cm³/mol. The summed E-state index contributed by atoms with van der Waals surface area (Å²) in [6, 6.07) is 0. The molecule has 0 atom stereocenters. The lowest BCUT2D eigenvalue weighted by atomic mass is 10.1. The minimum atomic E-state index is -3.18. The third kappa shape index (κ3) is 7.64. The molecule has 13 heavy (non-hydrogen) atoms. The van der Waals surface area contributed by atoms with Crippen molar-refractivity contribution in [2.45, 2.75) is 38.7 Å². The highest BCUT2D eigenvalue weighted by Gasteiger charge is 2.33. The Bertz CT molecular complexity index is 187. The van der Waals surface area contributed by atoms with E-state index in [1.54, 1.807) is 20.8 Å². The Kier molecular flexibility index (Phi) is 3.78. The Balaban J connectivity index is 3.96. The van der Waals surface area contributed by atoms with Gasteiger partial charge in [-0.1, -0.05) is 0 Å². The molecule has 0 aromatic rings. The van der Waals surface area contributed by atoms with Crippen LogP contribution in [0.3, 0.4) is 0 Å². The molecule has 0 aliphatic heterocycles. The van der Waals surface area contributed by atoms with Gasteiger partial charge in [0.15, 0.2) is 0 Å². The first-order valence-corrected chi connectivity index (χ1v) is 3.97. The van der Waals surface area contributed by atoms with Crippen LogP contribution in [0.15, 0.2) is 0 Å². The Hall–Kier alpha value is -0.710. The highest BCUT2D eigenvalue weighted by molar-refractivity contribution is 5.67. The summed E-state index contributed by atoms with van der Waals surface area (Å²) < 4.78 is 25.5. The molecule has 0 aromatic heterocycles. The van der Waals surface area contributed by atoms with E-state index in [-0.39, 0.29) is 0 Å². The number of nitrogens with one attached hydrogen (secondary N) is 1. The molecule has 0 bridgehead atoms. The molecule has 0 heterocycles. The summed E-state index contributed by atoms with van der Waals surface area (Å²) in [6.45, 7) is 4.61. The van der Waals surface area contributed by atoms with Crippen molar-refractivity contribution >= 4 is 5.97 Å². The van der Waals surface area contributed by atoms with E-state index < -0.39 is 30.4 Å². The van der Waals surface area contributed by atoms with Crippen LogP contribution in [0.1, 0.15) is 27.2 Å². The van der Waals surface area contributed by atoms with Gasteiger partial charge >= 0.3 is 5.97 Å². The van der Waals surface area contributed by atoms with Crippen LogP contribution >= 0.6 is 0 Å². The fraction of sp³-hybridized carbons (Fsp3) is 0.875. The predicted octanol–water partition coefficient (Wildman–Crippen LogP) is 1.48. The molecular formula is C8H15F2NO2. The van der Waals surface area contributed by atoms with Crippen LogP contribution in [0, 0.1) is 0 Å². The molecule has 0 aliphatic carbocycles. The minimum Gasteiger partial charge on any atom is -0.481 e. The summed E-state index contributed by atoms with van der Waals surface area (Å²) in [7, 11) is 0. The normalized spacial score (nSPS) is 13.0. The highest BCUT2D eigenvalue weighted by Crippen LogP contribution is 2.18. The maximum Gasteiger partial charge on any atom is 0.309 e. The maximum atomic E-state index is 12.8. The van der Waals surface area contributed by atoms with Crippen molar-refractivity contribution in [3.8, 4) is 0 Å². The number of hydrogen-bond acceptors (Lipinski definition) is 2. The van der Waals surface area contributed by atoms with Gasteiger partial charge in [0, 0.05) is 5.54 Å². The van der Waals surface area contributed by atoms with Crippen molar-refractivity contribution in [2.24, 2.45) is 0 Å². The number of halogens is 2. The molecule has 0 rings (SSSR count). The van der Waals surface area contributed by atoms with Gasteiger partial charge in [-0.25, -0.2) is 8.78 Å². The van der Waals surface area contributed by atoms with Crippen molar-refractivity contribution in [1.29, 1.82) is 0 Å². The first kappa shape index (κ1) is 12.3. The third-order valence-corrected chi connectivity index (χ3v) is 1.29. The molecule has 0 aliphatic rings. The lowest BCUT2D eigenvalue weighted by Crippen LogP contribution is -2.44. The van der Waals surface area contributed by atoms with E-state index in [9.17, 15) is 13.6 Å². The van der Waals surface area contributed by atoms with Gasteiger partial charge in [0.1, 0.15) is 6.42 Å². The molecule has 0 saturated carbocycles. The van der Waals surface area contributed by atoms with E-state index in [2.05, 4.69) is 5.32 Å². The van der Waals surface area contributed by atoms with Crippen molar-refractivity contribution in [1.82, 2.24) is 5.32 Å². The number of hydrogen-bond donors (Lipinski definition) is 2. The zero-order valence-electron chi connectivity index (χ0n) is 8.03. The second-order valence-corrected chi connectivity index (χ2v) is 4.03. The van der Waals surface area contributed by atoms with Crippen LogP contribution < -0.4 is 5.32 Å². The van der Waals surface area contributed by atoms with Crippen molar-refractivity contribution < 1.29 is 18.7 Å². The second-order valence-electron chi connectivity index (χ2n) is 4.03. The van der Waals surface area contributed by atoms with Crippen LogP contribution in [0.25, 0.3) is 0 Å². The SMILES string of the molecule is CC(C)(C)NCC(F)(F)CC(=O)O. The van der Waals surface area contributed by atoms with Gasteiger partial charge < -0.3 is 10.4 Å². The molecule has 78 valence electrons. The van der Waals surface area contributed by atoms with E-state index in [1.807, 2.05) is 0 Å². The summed E-state index contributed by atoms with van der Waals surface area (Å²) in [5.41, 5.74) is -0.429. The van der Waals surface area contributed by atoms with E-state index in [0.29, 0.717) is 0 Å². The summed E-state index contributed by atoms with van der Waals surface area (Å²) >= 11 is 0. The molecule has 5 heteroatoms. The van der Waals surface area contributed by atoms with Gasteiger partial charge in [-0.15, -0.1) is 0 Å². The van der Waals surface area contributed by atoms with Crippen molar-refractivity contribution in [3.05, 3.63) is 0 Å². The smallest absolute Gasteiger partial charge is 0.309 e. The van der Waals surface area contributed by atoms with Crippen LogP contribution in [-0.2, 0) is 4.79 Å². The molecule has 0 unspecified atom stereocenters. The summed E-state index contributed by atoms with van der Waals surface area (Å²) in [6.07, 6.45) is -1.13. The molecule has 2 N–H and O–H groups in total. The summed E-state index contributed by atoms with van der Waals surface area (Å²) in [4.78, 5) is 10.0. The summed E-state index contributed by atoms with van der Waals surface area (Å²) in [5.74, 6) is -4.67. The van der Waals surface area contributed by atoms with Crippen molar-refractivity contribution in [2.75, 3.05) is 6.54 Å². The highest BCUT2D eigenvalue weighted by atomic mass is 19.3. The largest absolute Gasteiger partial charge is 0.481 e. The fourth-order valence-electron chi connectivity index (χ4n) is 0.678. The van der Waals surface area contributed by atoms with Crippen molar-refractivity contribution in [3.63, 3.8) is 0 Å². The number of rotatable bonds is 4. The molecule has 0 radical (unpaired) electrons. The van der Waals surface area contributed by atoms with Gasteiger partial charge in [-0.2, -0.15) is 0 Å². The molecule has 0 aromatic carbocycles. The maximum absolute atomic E-state index is 12.8. The van der Waals surface area contributed by atoms with Crippen LogP contribution in [0.4, 0.5) is 8.78 Å². The molecule has 0 spiro atoms. The van der Waals surface area contributed by atoms with Gasteiger partial charge in [-0.05, 0) is 20.8 Å². The number of carboxylic acids is 1. The minimum absolute atomic E-state index is 0.429. The number of carboxylic acid groups (broad SMARTS) is 1. The van der Waals surface area contributed by atoms with Crippen LogP contribution in [0.2, 0.25) is 0 Å². The molecule has 0 saturated heterocycles. The van der Waals surface area contributed by atoms with E-state index in [0.717, 1.165) is 0 Å². The molecule has 3 nitrogen and oxygen atoms in total. The summed E-state index contributed by atoms with van der Waals surface area (Å²) in [5, 5.41) is 10.7. The number of carbonyl (C=O) groups is 1. The van der Waals surface area contributed by atoms with Crippen LogP contribution in [-0.4, -0.2) is 29.1 Å². The first-order valence-electron chi connectivity index (χ1n) is 3.97. The number of alkyl halides is 2. The van der Waals surface area contributed by atoms with Gasteiger partial charge in [0.2, 0.25) is 0 Å². The Morgan fingerprint density at radius 1 is 1.38 bits per heavy atom. The number of aliphatic carboxylic acids is 1. The lowest BCUT2D eigenvalue weighted by Gasteiger charge is -2.24. The average Bonchev–Trinajstić information content (AvgIpc) is 1.79. The first-order chi connectivity index (χ1) is 5.62. The quantitative estimate of drug-likeness (QED) is 0.714. The van der Waals surface area contributed by atoms with E-state index in [4.69, 9.17) is 5.11 Å². The molecule has 0 amide bonds. The lowest BCUT2D eigenvalue weighted by molar-refractivity contribution is -0.144. The van der Waals surface area contributed by atoms with Gasteiger partial charge in [0.05, 0.1) is 6.54 Å².